The van der Waals surface area contributed by atoms with Gasteiger partial charge < -0.3 is 4.57 Å². The summed E-state index contributed by atoms with van der Waals surface area (Å²) >= 11 is 9.56. The van der Waals surface area contributed by atoms with Crippen LogP contribution in [0.4, 0.5) is 0 Å². The SMILES string of the molecule is CCc1ncnc2c1c(Br)c(Cl)n2C. The van der Waals surface area contributed by atoms with E-state index in [1.807, 2.05) is 11.6 Å². The Kier molecular flexibility index (Phi) is 2.49. The van der Waals surface area contributed by atoms with Crippen LogP contribution in [-0.2, 0) is 13.5 Å². The van der Waals surface area contributed by atoms with Crippen LogP contribution in [0.2, 0.25) is 5.15 Å². The van der Waals surface area contributed by atoms with Crippen LogP contribution in [0.5, 0.6) is 0 Å². The predicted octanol–water partition coefficient (Wildman–Crippen LogP) is 2.95. The first-order valence-corrected chi connectivity index (χ1v) is 5.47. The van der Waals surface area contributed by atoms with Crippen molar-refractivity contribution < 1.29 is 0 Å². The number of hydrogen-bond donors (Lipinski definition) is 0. The van der Waals surface area contributed by atoms with Crippen LogP contribution in [0.3, 0.4) is 0 Å². The average Bonchev–Trinajstić information content (AvgIpc) is 2.44. The summed E-state index contributed by atoms with van der Waals surface area (Å²) in [5.41, 5.74) is 1.89. The molecule has 2 aromatic heterocycles. The van der Waals surface area contributed by atoms with Gasteiger partial charge in [-0.1, -0.05) is 18.5 Å². The van der Waals surface area contributed by atoms with E-state index in [2.05, 4.69) is 32.8 Å². The molecule has 0 N–H and O–H groups in total. The molecule has 74 valence electrons. The fourth-order valence-corrected chi connectivity index (χ4v) is 2.35. The van der Waals surface area contributed by atoms with Gasteiger partial charge in [0.05, 0.1) is 15.6 Å². The maximum absolute atomic E-state index is 6.10. The van der Waals surface area contributed by atoms with Crippen LogP contribution in [0.15, 0.2) is 10.8 Å². The number of halogens is 2. The van der Waals surface area contributed by atoms with Crippen molar-refractivity contribution in [2.75, 3.05) is 0 Å². The molecule has 0 aliphatic carbocycles. The highest BCUT2D eigenvalue weighted by atomic mass is 79.9. The van der Waals surface area contributed by atoms with Crippen molar-refractivity contribution in [2.45, 2.75) is 13.3 Å². The van der Waals surface area contributed by atoms with Crippen molar-refractivity contribution in [2.24, 2.45) is 7.05 Å². The quantitative estimate of drug-likeness (QED) is 0.800. The highest BCUT2D eigenvalue weighted by Crippen LogP contribution is 2.34. The van der Waals surface area contributed by atoms with Crippen molar-refractivity contribution in [1.82, 2.24) is 14.5 Å². The van der Waals surface area contributed by atoms with Crippen molar-refractivity contribution >= 4 is 38.6 Å². The zero-order valence-corrected chi connectivity index (χ0v) is 10.2. The minimum Gasteiger partial charge on any atom is -0.318 e. The van der Waals surface area contributed by atoms with Crippen LogP contribution < -0.4 is 0 Å². The summed E-state index contributed by atoms with van der Waals surface area (Å²) in [4.78, 5) is 8.44. The molecular weight excluding hydrogens is 265 g/mol. The molecule has 2 aromatic rings. The number of fused-ring (bicyclic) bond motifs is 1. The predicted molar refractivity (Wildman–Crippen MR) is 60.6 cm³/mol. The normalized spacial score (nSPS) is 11.1. The Balaban J connectivity index is 2.94. The molecule has 0 aliphatic rings. The van der Waals surface area contributed by atoms with Crippen LogP contribution in [0, 0.1) is 0 Å². The number of nitrogens with zero attached hydrogens (tertiary/aromatic N) is 3. The Morgan fingerprint density at radius 3 is 2.86 bits per heavy atom. The van der Waals surface area contributed by atoms with E-state index in [0.29, 0.717) is 5.15 Å². The second kappa shape index (κ2) is 3.51. The van der Waals surface area contributed by atoms with E-state index in [4.69, 9.17) is 11.6 Å². The van der Waals surface area contributed by atoms with Gasteiger partial charge in [0.1, 0.15) is 17.1 Å². The van der Waals surface area contributed by atoms with E-state index in [1.54, 1.807) is 6.33 Å². The van der Waals surface area contributed by atoms with E-state index < -0.39 is 0 Å². The molecule has 0 bridgehead atoms. The molecular formula is C9H9BrClN3. The molecule has 0 amide bonds. The Hall–Kier alpha value is -0.610. The topological polar surface area (TPSA) is 30.7 Å². The maximum atomic E-state index is 6.10. The first kappa shape index (κ1) is 9.93. The molecule has 0 aromatic carbocycles. The van der Waals surface area contributed by atoms with Crippen LogP contribution in [0.25, 0.3) is 11.0 Å². The number of rotatable bonds is 1. The fourth-order valence-electron chi connectivity index (χ4n) is 1.50. The first-order chi connectivity index (χ1) is 6.66. The summed E-state index contributed by atoms with van der Waals surface area (Å²) in [6.07, 6.45) is 2.45. The lowest BCUT2D eigenvalue weighted by molar-refractivity contribution is 0.935. The van der Waals surface area contributed by atoms with Gasteiger partial charge in [0.15, 0.2) is 0 Å². The Labute approximate surface area is 95.2 Å². The molecule has 0 aliphatic heterocycles. The van der Waals surface area contributed by atoms with Gasteiger partial charge >= 0.3 is 0 Å². The molecule has 5 heteroatoms. The zero-order valence-electron chi connectivity index (χ0n) is 7.88. The summed E-state index contributed by atoms with van der Waals surface area (Å²) in [5.74, 6) is 0. The maximum Gasteiger partial charge on any atom is 0.145 e. The summed E-state index contributed by atoms with van der Waals surface area (Å²) in [6.45, 7) is 2.06. The average molecular weight is 275 g/mol. The van der Waals surface area contributed by atoms with Gasteiger partial charge in [0.2, 0.25) is 0 Å². The minimum absolute atomic E-state index is 0.662. The largest absolute Gasteiger partial charge is 0.318 e. The lowest BCUT2D eigenvalue weighted by Crippen LogP contribution is -1.93. The molecule has 0 saturated carbocycles. The third kappa shape index (κ3) is 1.25. The number of aromatic nitrogens is 3. The minimum atomic E-state index is 0.662. The molecule has 0 fully saturated rings. The monoisotopic (exact) mass is 273 g/mol. The second-order valence-electron chi connectivity index (χ2n) is 3.04. The molecule has 2 heterocycles. The van der Waals surface area contributed by atoms with E-state index >= 15 is 0 Å². The van der Waals surface area contributed by atoms with Crippen LogP contribution in [0.1, 0.15) is 12.6 Å². The van der Waals surface area contributed by atoms with E-state index in [-0.39, 0.29) is 0 Å². The molecule has 2 rings (SSSR count). The lowest BCUT2D eigenvalue weighted by atomic mass is 10.2. The molecule has 14 heavy (non-hydrogen) atoms. The molecule has 0 unspecified atom stereocenters. The van der Waals surface area contributed by atoms with E-state index in [1.165, 1.54) is 0 Å². The van der Waals surface area contributed by atoms with Crippen LogP contribution in [-0.4, -0.2) is 14.5 Å². The lowest BCUT2D eigenvalue weighted by Gasteiger charge is -1.98. The summed E-state index contributed by atoms with van der Waals surface area (Å²) in [5, 5.41) is 1.68. The first-order valence-electron chi connectivity index (χ1n) is 4.30. The molecule has 0 atom stereocenters. The van der Waals surface area contributed by atoms with E-state index in [9.17, 15) is 0 Å². The highest BCUT2D eigenvalue weighted by Gasteiger charge is 2.15. The molecule has 0 saturated heterocycles. The van der Waals surface area contributed by atoms with Gasteiger partial charge in [-0.25, -0.2) is 9.97 Å². The third-order valence-corrected chi connectivity index (χ3v) is 3.70. The zero-order chi connectivity index (χ0) is 10.3. The second-order valence-corrected chi connectivity index (χ2v) is 4.19. The van der Waals surface area contributed by atoms with Crippen molar-refractivity contribution in [1.29, 1.82) is 0 Å². The van der Waals surface area contributed by atoms with Gasteiger partial charge in [-0.2, -0.15) is 0 Å². The van der Waals surface area contributed by atoms with E-state index in [0.717, 1.165) is 27.6 Å². The Bertz CT molecular complexity index is 492. The summed E-state index contributed by atoms with van der Waals surface area (Å²) < 4.78 is 2.73. The molecule has 0 spiro atoms. The fraction of sp³-hybridized carbons (Fsp3) is 0.333. The standard InChI is InChI=1S/C9H9BrClN3/c1-3-5-6-7(10)8(11)14(2)9(6)13-4-12-5/h4H,3H2,1-2H3. The van der Waals surface area contributed by atoms with Crippen LogP contribution >= 0.6 is 27.5 Å². The van der Waals surface area contributed by atoms with Gasteiger partial charge in [-0.3, -0.25) is 0 Å². The number of aryl methyl sites for hydroxylation is 2. The highest BCUT2D eigenvalue weighted by molar-refractivity contribution is 9.10. The van der Waals surface area contributed by atoms with Gasteiger partial charge in [-0.05, 0) is 22.4 Å². The smallest absolute Gasteiger partial charge is 0.145 e. The van der Waals surface area contributed by atoms with Gasteiger partial charge in [0, 0.05) is 7.05 Å². The Morgan fingerprint density at radius 2 is 2.21 bits per heavy atom. The van der Waals surface area contributed by atoms with Crippen molar-refractivity contribution in [3.63, 3.8) is 0 Å². The molecule has 3 nitrogen and oxygen atoms in total. The third-order valence-electron chi connectivity index (χ3n) is 2.25. The number of hydrogen-bond acceptors (Lipinski definition) is 2. The Morgan fingerprint density at radius 1 is 1.50 bits per heavy atom. The van der Waals surface area contributed by atoms with Gasteiger partial charge in [-0.15, -0.1) is 0 Å². The summed E-state index contributed by atoms with van der Waals surface area (Å²) in [6, 6.07) is 0. The van der Waals surface area contributed by atoms with Crippen molar-refractivity contribution in [3.05, 3.63) is 21.6 Å². The summed E-state index contributed by atoms with van der Waals surface area (Å²) in [7, 11) is 1.89. The van der Waals surface area contributed by atoms with Crippen molar-refractivity contribution in [3.8, 4) is 0 Å². The van der Waals surface area contributed by atoms with Gasteiger partial charge in [0.25, 0.3) is 0 Å². The molecule has 0 radical (unpaired) electrons.